The van der Waals surface area contributed by atoms with Crippen molar-refractivity contribution >= 4 is 37.6 Å². The van der Waals surface area contributed by atoms with E-state index in [0.717, 1.165) is 12.8 Å². The molecule has 0 radical (unpaired) electrons. The van der Waals surface area contributed by atoms with E-state index in [4.69, 9.17) is 11.6 Å². The first-order valence-corrected chi connectivity index (χ1v) is 7.89. The fourth-order valence-electron chi connectivity index (χ4n) is 1.33. The summed E-state index contributed by atoms with van der Waals surface area (Å²) in [7, 11) is -2.07. The molecular formula is C11H14BrClN2O2S. The third-order valence-corrected chi connectivity index (χ3v) is 5.06. The topological polar surface area (TPSA) is 50.3 Å². The van der Waals surface area contributed by atoms with Crippen molar-refractivity contribution in [2.75, 3.05) is 13.6 Å². The molecule has 1 aromatic heterocycles. The van der Waals surface area contributed by atoms with E-state index in [9.17, 15) is 8.42 Å². The standard InChI is InChI=1S/C11H14BrClN2O2S/c1-3-4-5-6-15(2)18(16,17)10-7-9(12)8-14-11(10)13/h3,7-8H,1,4-6H2,2H3. The molecule has 7 heteroatoms. The zero-order valence-electron chi connectivity index (χ0n) is 9.94. The molecule has 0 spiro atoms. The van der Waals surface area contributed by atoms with Crippen LogP contribution in [0.3, 0.4) is 0 Å². The summed E-state index contributed by atoms with van der Waals surface area (Å²) in [6.07, 6.45) is 4.70. The Kier molecular flexibility index (Phi) is 5.78. The van der Waals surface area contributed by atoms with E-state index in [1.54, 1.807) is 6.08 Å². The fourth-order valence-corrected chi connectivity index (χ4v) is 3.46. The Balaban J connectivity index is 2.98. The number of aromatic nitrogens is 1. The van der Waals surface area contributed by atoms with E-state index >= 15 is 0 Å². The molecule has 0 bridgehead atoms. The number of sulfonamides is 1. The molecule has 1 heterocycles. The smallest absolute Gasteiger partial charge is 0.242 e. The van der Waals surface area contributed by atoms with Gasteiger partial charge in [-0.15, -0.1) is 6.58 Å². The number of halogens is 2. The molecule has 0 aliphatic rings. The lowest BCUT2D eigenvalue weighted by molar-refractivity contribution is 0.462. The minimum Gasteiger partial charge on any atom is -0.242 e. The minimum atomic E-state index is -3.60. The zero-order chi connectivity index (χ0) is 13.8. The highest BCUT2D eigenvalue weighted by Crippen LogP contribution is 2.25. The molecule has 0 N–H and O–H groups in total. The van der Waals surface area contributed by atoms with E-state index in [1.165, 1.54) is 23.6 Å². The number of unbranched alkanes of at least 4 members (excludes halogenated alkanes) is 1. The summed E-state index contributed by atoms with van der Waals surface area (Å²) in [5.74, 6) is 0. The number of allylic oxidation sites excluding steroid dienone is 1. The van der Waals surface area contributed by atoms with Crippen LogP contribution in [0.15, 0.2) is 34.3 Å². The lowest BCUT2D eigenvalue weighted by Crippen LogP contribution is -2.28. The van der Waals surface area contributed by atoms with Crippen molar-refractivity contribution in [2.24, 2.45) is 0 Å². The first kappa shape index (κ1) is 15.6. The van der Waals surface area contributed by atoms with Crippen LogP contribution in [0.5, 0.6) is 0 Å². The van der Waals surface area contributed by atoms with Gasteiger partial charge in [-0.1, -0.05) is 17.7 Å². The van der Waals surface area contributed by atoms with Crippen LogP contribution in [0.4, 0.5) is 0 Å². The Morgan fingerprint density at radius 3 is 2.89 bits per heavy atom. The SMILES string of the molecule is C=CCCCN(C)S(=O)(=O)c1cc(Br)cnc1Cl. The maximum atomic E-state index is 12.3. The van der Waals surface area contributed by atoms with Crippen molar-refractivity contribution < 1.29 is 8.42 Å². The van der Waals surface area contributed by atoms with Crippen molar-refractivity contribution in [3.05, 3.63) is 34.5 Å². The molecular weight excluding hydrogens is 340 g/mol. The van der Waals surface area contributed by atoms with E-state index in [1.807, 2.05) is 0 Å². The normalized spacial score (nSPS) is 11.8. The molecule has 18 heavy (non-hydrogen) atoms. The van der Waals surface area contributed by atoms with Crippen LogP contribution in [0, 0.1) is 0 Å². The number of rotatable bonds is 6. The monoisotopic (exact) mass is 352 g/mol. The zero-order valence-corrected chi connectivity index (χ0v) is 13.1. The summed E-state index contributed by atoms with van der Waals surface area (Å²) in [5.41, 5.74) is 0. The van der Waals surface area contributed by atoms with Gasteiger partial charge in [0.1, 0.15) is 10.0 Å². The van der Waals surface area contributed by atoms with E-state index in [-0.39, 0.29) is 10.0 Å². The van der Waals surface area contributed by atoms with Gasteiger partial charge >= 0.3 is 0 Å². The van der Waals surface area contributed by atoms with E-state index in [0.29, 0.717) is 11.0 Å². The number of nitrogens with zero attached hydrogens (tertiary/aromatic N) is 2. The first-order chi connectivity index (χ1) is 8.39. The molecule has 0 unspecified atom stereocenters. The molecule has 4 nitrogen and oxygen atoms in total. The van der Waals surface area contributed by atoms with Crippen LogP contribution in [0.25, 0.3) is 0 Å². The summed E-state index contributed by atoms with van der Waals surface area (Å²) in [5, 5.41) is -0.0197. The second kappa shape index (κ2) is 6.65. The number of hydrogen-bond acceptors (Lipinski definition) is 3. The maximum absolute atomic E-state index is 12.3. The molecule has 1 aromatic rings. The van der Waals surface area contributed by atoms with Crippen LogP contribution >= 0.6 is 27.5 Å². The van der Waals surface area contributed by atoms with Gasteiger partial charge < -0.3 is 0 Å². The van der Waals surface area contributed by atoms with Gasteiger partial charge in [0.25, 0.3) is 0 Å². The molecule has 100 valence electrons. The van der Waals surface area contributed by atoms with Crippen molar-refractivity contribution in [3.63, 3.8) is 0 Å². The lowest BCUT2D eigenvalue weighted by atomic mass is 10.3. The first-order valence-electron chi connectivity index (χ1n) is 5.28. The third kappa shape index (κ3) is 3.78. The largest absolute Gasteiger partial charge is 0.245 e. The Bertz CT molecular complexity index is 534. The predicted molar refractivity (Wildman–Crippen MR) is 76.2 cm³/mol. The quantitative estimate of drug-likeness (QED) is 0.448. The highest BCUT2D eigenvalue weighted by molar-refractivity contribution is 9.10. The van der Waals surface area contributed by atoms with Crippen molar-refractivity contribution in [3.8, 4) is 0 Å². The molecule has 0 atom stereocenters. The Labute approximate surface area is 121 Å². The predicted octanol–water partition coefficient (Wildman–Crippen LogP) is 3.08. The summed E-state index contributed by atoms with van der Waals surface area (Å²) < 4.78 is 26.4. The average molecular weight is 354 g/mol. The molecule has 0 amide bonds. The molecule has 0 aliphatic heterocycles. The molecule has 0 saturated heterocycles. The van der Waals surface area contributed by atoms with Gasteiger partial charge in [0, 0.05) is 24.3 Å². The van der Waals surface area contributed by atoms with Crippen LogP contribution in [0.2, 0.25) is 5.15 Å². The number of pyridine rings is 1. The van der Waals surface area contributed by atoms with Gasteiger partial charge in [-0.25, -0.2) is 17.7 Å². The Hall–Kier alpha value is -0.430. The molecule has 0 fully saturated rings. The summed E-state index contributed by atoms with van der Waals surface area (Å²) in [6.45, 7) is 4.01. The van der Waals surface area contributed by atoms with Gasteiger partial charge in [0.15, 0.2) is 0 Å². The highest BCUT2D eigenvalue weighted by atomic mass is 79.9. The van der Waals surface area contributed by atoms with Crippen molar-refractivity contribution in [2.45, 2.75) is 17.7 Å². The van der Waals surface area contributed by atoms with Gasteiger partial charge in [0.2, 0.25) is 10.0 Å². The van der Waals surface area contributed by atoms with Crippen molar-refractivity contribution in [1.82, 2.24) is 9.29 Å². The van der Waals surface area contributed by atoms with Crippen LogP contribution in [0.1, 0.15) is 12.8 Å². The average Bonchev–Trinajstić information content (AvgIpc) is 2.32. The van der Waals surface area contributed by atoms with Gasteiger partial charge in [-0.05, 0) is 34.8 Å². The molecule has 0 aromatic carbocycles. The van der Waals surface area contributed by atoms with Crippen molar-refractivity contribution in [1.29, 1.82) is 0 Å². The minimum absolute atomic E-state index is 0.0136. The Morgan fingerprint density at radius 2 is 2.28 bits per heavy atom. The highest BCUT2D eigenvalue weighted by Gasteiger charge is 2.24. The van der Waals surface area contributed by atoms with Gasteiger partial charge in [-0.2, -0.15) is 0 Å². The molecule has 1 rings (SSSR count). The maximum Gasteiger partial charge on any atom is 0.245 e. The van der Waals surface area contributed by atoms with E-state index < -0.39 is 10.0 Å². The second-order valence-corrected chi connectivity index (χ2v) is 6.99. The molecule has 0 aliphatic carbocycles. The number of hydrogen-bond donors (Lipinski definition) is 0. The summed E-state index contributed by atoms with van der Waals surface area (Å²) in [4.78, 5) is 3.83. The fraction of sp³-hybridized carbons (Fsp3) is 0.364. The second-order valence-electron chi connectivity index (χ2n) is 3.70. The van der Waals surface area contributed by atoms with E-state index in [2.05, 4.69) is 27.5 Å². The summed E-state index contributed by atoms with van der Waals surface area (Å²) in [6, 6.07) is 1.45. The van der Waals surface area contributed by atoms with Gasteiger partial charge in [0.05, 0.1) is 0 Å². The third-order valence-electron chi connectivity index (χ3n) is 2.34. The van der Waals surface area contributed by atoms with Crippen LogP contribution < -0.4 is 0 Å². The van der Waals surface area contributed by atoms with Crippen LogP contribution in [-0.2, 0) is 10.0 Å². The van der Waals surface area contributed by atoms with Gasteiger partial charge in [-0.3, -0.25) is 0 Å². The van der Waals surface area contributed by atoms with Crippen LogP contribution in [-0.4, -0.2) is 31.3 Å². The lowest BCUT2D eigenvalue weighted by Gasteiger charge is -2.17. The molecule has 0 saturated carbocycles. The Morgan fingerprint density at radius 1 is 1.61 bits per heavy atom. The summed E-state index contributed by atoms with van der Waals surface area (Å²) >= 11 is 9.02.